The Hall–Kier alpha value is -3.48. The Balaban J connectivity index is 1.62. The lowest BCUT2D eigenvalue weighted by Gasteiger charge is -2.35. The summed E-state index contributed by atoms with van der Waals surface area (Å²) < 4.78 is 1.57. The second-order valence-electron chi connectivity index (χ2n) is 8.65. The molecule has 4 rings (SSSR count). The SMILES string of the molecule is CN(C)CCNC(=O)c1cn(-c2ccc(N3CCN(C)CC3)c(Nc3ncnc(Cl)c3N)c2)nn1. The summed E-state index contributed by atoms with van der Waals surface area (Å²) in [6.45, 7) is 4.93. The molecule has 35 heavy (non-hydrogen) atoms. The highest BCUT2D eigenvalue weighted by atomic mass is 35.5. The summed E-state index contributed by atoms with van der Waals surface area (Å²) in [6, 6.07) is 5.88. The highest BCUT2D eigenvalue weighted by Gasteiger charge is 2.20. The van der Waals surface area contributed by atoms with Crippen molar-refractivity contribution in [3.63, 3.8) is 0 Å². The monoisotopic (exact) mass is 499 g/mol. The van der Waals surface area contributed by atoms with Crippen LogP contribution in [-0.4, -0.2) is 101 Å². The minimum absolute atomic E-state index is 0.181. The fourth-order valence-electron chi connectivity index (χ4n) is 3.67. The number of likely N-dealkylation sites (N-methyl/N-ethyl adjacent to an activating group) is 2. The smallest absolute Gasteiger partial charge is 0.273 e. The second kappa shape index (κ2) is 10.8. The van der Waals surface area contributed by atoms with Gasteiger partial charge in [0.25, 0.3) is 5.91 Å². The summed E-state index contributed by atoms with van der Waals surface area (Å²) in [6.07, 6.45) is 2.97. The lowest BCUT2D eigenvalue weighted by atomic mass is 10.2. The van der Waals surface area contributed by atoms with Gasteiger partial charge in [0.15, 0.2) is 16.7 Å². The molecule has 1 saturated heterocycles. The normalized spacial score (nSPS) is 14.4. The Morgan fingerprint density at radius 2 is 1.97 bits per heavy atom. The molecule has 1 aliphatic rings. The first-order chi connectivity index (χ1) is 16.8. The summed E-state index contributed by atoms with van der Waals surface area (Å²) in [5, 5.41) is 14.5. The van der Waals surface area contributed by atoms with Crippen molar-refractivity contribution in [3.8, 4) is 5.69 Å². The molecule has 0 radical (unpaired) electrons. The van der Waals surface area contributed by atoms with Crippen LogP contribution in [0.15, 0.2) is 30.7 Å². The summed E-state index contributed by atoms with van der Waals surface area (Å²) in [5.41, 5.74) is 9.12. The minimum atomic E-state index is -0.270. The minimum Gasteiger partial charge on any atom is -0.393 e. The number of carbonyl (C=O) groups is 1. The van der Waals surface area contributed by atoms with E-state index >= 15 is 0 Å². The maximum absolute atomic E-state index is 12.4. The third-order valence-electron chi connectivity index (χ3n) is 5.75. The third kappa shape index (κ3) is 5.96. The highest BCUT2D eigenvalue weighted by molar-refractivity contribution is 6.32. The molecular formula is C22H30ClN11O. The number of piperazine rings is 1. The van der Waals surface area contributed by atoms with E-state index in [4.69, 9.17) is 17.3 Å². The number of halogens is 1. The van der Waals surface area contributed by atoms with Crippen molar-refractivity contribution < 1.29 is 4.79 Å². The van der Waals surface area contributed by atoms with Gasteiger partial charge in [0.2, 0.25) is 0 Å². The van der Waals surface area contributed by atoms with Crippen LogP contribution in [0.25, 0.3) is 5.69 Å². The van der Waals surface area contributed by atoms with Crippen LogP contribution < -0.4 is 21.3 Å². The van der Waals surface area contributed by atoms with Crippen molar-refractivity contribution in [2.24, 2.45) is 0 Å². The maximum atomic E-state index is 12.4. The molecule has 0 spiro atoms. The average Bonchev–Trinajstić information content (AvgIpc) is 3.33. The third-order valence-corrected chi connectivity index (χ3v) is 6.05. The lowest BCUT2D eigenvalue weighted by molar-refractivity contribution is 0.0946. The van der Waals surface area contributed by atoms with E-state index < -0.39 is 0 Å². The van der Waals surface area contributed by atoms with Gasteiger partial charge in [-0.3, -0.25) is 4.79 Å². The number of nitrogens with zero attached hydrogens (tertiary/aromatic N) is 8. The number of hydrogen-bond acceptors (Lipinski definition) is 10. The topological polar surface area (TPSA) is 133 Å². The molecule has 1 aromatic carbocycles. The Kier molecular flexibility index (Phi) is 7.63. The standard InChI is InChI=1S/C22H30ClN11O/c1-31(2)7-6-25-22(35)17-13-34(30-29-17)15-4-5-18(33-10-8-32(3)9-11-33)16(12-15)28-21-19(24)20(23)26-14-27-21/h4-5,12-14H,6-11,24H2,1-3H3,(H,25,35)(H,26,27,28). The van der Waals surface area contributed by atoms with Gasteiger partial charge < -0.3 is 31.1 Å². The van der Waals surface area contributed by atoms with Crippen LogP contribution in [0, 0.1) is 0 Å². The van der Waals surface area contributed by atoms with Gasteiger partial charge in [-0.05, 0) is 39.3 Å². The largest absolute Gasteiger partial charge is 0.393 e. The van der Waals surface area contributed by atoms with E-state index in [1.807, 2.05) is 37.2 Å². The van der Waals surface area contributed by atoms with Gasteiger partial charge >= 0.3 is 0 Å². The van der Waals surface area contributed by atoms with Gasteiger partial charge in [-0.15, -0.1) is 5.10 Å². The fraction of sp³-hybridized carbons (Fsp3) is 0.409. The van der Waals surface area contributed by atoms with Crippen LogP contribution in [0.1, 0.15) is 10.5 Å². The highest BCUT2D eigenvalue weighted by Crippen LogP contribution is 2.34. The number of nitrogens with one attached hydrogen (secondary N) is 2. The number of anilines is 4. The van der Waals surface area contributed by atoms with Gasteiger partial charge in [0, 0.05) is 39.3 Å². The Bertz CT molecular complexity index is 1170. The van der Waals surface area contributed by atoms with Gasteiger partial charge in [0.05, 0.1) is 23.3 Å². The first-order valence-electron chi connectivity index (χ1n) is 11.3. The van der Waals surface area contributed by atoms with E-state index in [0.29, 0.717) is 12.4 Å². The molecule has 13 heteroatoms. The quantitative estimate of drug-likeness (QED) is 0.386. The number of benzene rings is 1. The van der Waals surface area contributed by atoms with Crippen molar-refractivity contribution in [1.82, 2.24) is 40.1 Å². The van der Waals surface area contributed by atoms with E-state index in [2.05, 4.69) is 47.8 Å². The van der Waals surface area contributed by atoms with Crippen LogP contribution in [0.2, 0.25) is 5.15 Å². The number of hydrogen-bond donors (Lipinski definition) is 3. The zero-order valence-corrected chi connectivity index (χ0v) is 20.8. The Morgan fingerprint density at radius 3 is 2.71 bits per heavy atom. The molecule has 3 aromatic rings. The van der Waals surface area contributed by atoms with Crippen LogP contribution >= 0.6 is 11.6 Å². The van der Waals surface area contributed by atoms with Crippen molar-refractivity contribution in [2.45, 2.75) is 0 Å². The predicted octanol–water partition coefficient (Wildman–Crippen LogP) is 1.08. The summed E-state index contributed by atoms with van der Waals surface area (Å²) in [5.74, 6) is 0.144. The van der Waals surface area contributed by atoms with Gasteiger partial charge in [0.1, 0.15) is 12.0 Å². The Labute approximate surface area is 209 Å². The molecule has 1 aliphatic heterocycles. The molecule has 3 heterocycles. The predicted molar refractivity (Wildman–Crippen MR) is 137 cm³/mol. The number of carbonyl (C=O) groups excluding carboxylic acids is 1. The molecule has 186 valence electrons. The van der Waals surface area contributed by atoms with Gasteiger partial charge in [-0.2, -0.15) is 0 Å². The zero-order valence-electron chi connectivity index (χ0n) is 20.1. The van der Waals surface area contributed by atoms with Crippen LogP contribution in [-0.2, 0) is 0 Å². The summed E-state index contributed by atoms with van der Waals surface area (Å²) >= 11 is 6.10. The first kappa shape index (κ1) is 24.6. The molecule has 2 aromatic heterocycles. The number of amides is 1. The summed E-state index contributed by atoms with van der Waals surface area (Å²) in [4.78, 5) is 27.2. The number of aromatic nitrogens is 5. The van der Waals surface area contributed by atoms with Gasteiger partial charge in [-0.25, -0.2) is 14.6 Å². The van der Waals surface area contributed by atoms with Crippen molar-refractivity contribution in [1.29, 1.82) is 0 Å². The molecular weight excluding hydrogens is 470 g/mol. The zero-order chi connectivity index (χ0) is 24.9. The van der Waals surface area contributed by atoms with E-state index in [1.54, 1.807) is 10.9 Å². The van der Waals surface area contributed by atoms with Crippen LogP contribution in [0.3, 0.4) is 0 Å². The van der Waals surface area contributed by atoms with E-state index in [1.165, 1.54) is 6.33 Å². The average molecular weight is 500 g/mol. The molecule has 0 atom stereocenters. The maximum Gasteiger partial charge on any atom is 0.273 e. The molecule has 0 aliphatic carbocycles. The van der Waals surface area contributed by atoms with E-state index in [0.717, 1.165) is 49.8 Å². The lowest BCUT2D eigenvalue weighted by Crippen LogP contribution is -2.44. The molecule has 4 N–H and O–H groups in total. The van der Waals surface area contributed by atoms with Crippen LogP contribution in [0.4, 0.5) is 22.9 Å². The first-order valence-corrected chi connectivity index (χ1v) is 11.7. The molecule has 0 bridgehead atoms. The molecule has 0 saturated carbocycles. The van der Waals surface area contributed by atoms with E-state index in [9.17, 15) is 4.79 Å². The van der Waals surface area contributed by atoms with E-state index in [-0.39, 0.29) is 22.4 Å². The van der Waals surface area contributed by atoms with Crippen molar-refractivity contribution in [2.75, 3.05) is 76.4 Å². The fourth-order valence-corrected chi connectivity index (χ4v) is 3.80. The van der Waals surface area contributed by atoms with Crippen LogP contribution in [0.5, 0.6) is 0 Å². The summed E-state index contributed by atoms with van der Waals surface area (Å²) in [7, 11) is 6.01. The van der Waals surface area contributed by atoms with Gasteiger partial charge in [-0.1, -0.05) is 16.8 Å². The Morgan fingerprint density at radius 1 is 1.20 bits per heavy atom. The molecule has 1 amide bonds. The number of nitrogen functional groups attached to an aromatic ring is 1. The number of rotatable bonds is 8. The molecule has 0 unspecified atom stereocenters. The van der Waals surface area contributed by atoms with Crippen molar-refractivity contribution in [3.05, 3.63) is 41.6 Å². The van der Waals surface area contributed by atoms with Crippen molar-refractivity contribution >= 4 is 40.4 Å². The molecule has 1 fully saturated rings. The molecule has 12 nitrogen and oxygen atoms in total. The second-order valence-corrected chi connectivity index (χ2v) is 9.01. The number of nitrogens with two attached hydrogens (primary N) is 1.